The van der Waals surface area contributed by atoms with E-state index in [2.05, 4.69) is 12.1 Å². The molecule has 0 spiro atoms. The van der Waals surface area contributed by atoms with Gasteiger partial charge in [0.05, 0.1) is 18.8 Å². The largest absolute Gasteiger partial charge is 0.491 e. The maximum absolute atomic E-state index is 12.0. The summed E-state index contributed by atoms with van der Waals surface area (Å²) >= 11 is 0. The topological polar surface area (TPSA) is 48.1 Å². The van der Waals surface area contributed by atoms with Crippen LogP contribution in [0.2, 0.25) is 0 Å². The van der Waals surface area contributed by atoms with Gasteiger partial charge in [0, 0.05) is 0 Å². The molecular formula is C18H26O4. The van der Waals surface area contributed by atoms with Crippen molar-refractivity contribution in [2.75, 3.05) is 6.61 Å². The van der Waals surface area contributed by atoms with Crippen LogP contribution in [-0.2, 0) is 20.7 Å². The Morgan fingerprint density at radius 2 is 2.00 bits per heavy atom. The zero-order chi connectivity index (χ0) is 16.2. The summed E-state index contributed by atoms with van der Waals surface area (Å²) in [6.07, 6.45) is 2.56. The highest BCUT2D eigenvalue weighted by Crippen LogP contribution is 2.34. The normalized spacial score (nSPS) is 20.3. The van der Waals surface area contributed by atoms with E-state index in [-0.39, 0.29) is 18.2 Å². The lowest BCUT2D eigenvalue weighted by Crippen LogP contribution is -2.29. The van der Waals surface area contributed by atoms with Crippen LogP contribution < -0.4 is 4.74 Å². The quantitative estimate of drug-likeness (QED) is 0.544. The Bertz CT molecular complexity index is 504. The Labute approximate surface area is 132 Å². The molecule has 2 rings (SSSR count). The van der Waals surface area contributed by atoms with E-state index >= 15 is 0 Å². The molecule has 22 heavy (non-hydrogen) atoms. The first kappa shape index (κ1) is 16.8. The van der Waals surface area contributed by atoms with Crippen LogP contribution in [0.5, 0.6) is 5.75 Å². The predicted molar refractivity (Wildman–Crippen MR) is 85.1 cm³/mol. The fraction of sp³-hybridized carbons (Fsp3) is 0.611. The molecule has 1 aliphatic heterocycles. The predicted octanol–water partition coefficient (Wildman–Crippen LogP) is 3.52. The molecule has 0 aliphatic carbocycles. The number of rotatable bonds is 8. The van der Waals surface area contributed by atoms with Gasteiger partial charge in [0.1, 0.15) is 5.75 Å². The highest BCUT2D eigenvalue weighted by molar-refractivity contribution is 5.82. The Morgan fingerprint density at radius 3 is 2.59 bits per heavy atom. The minimum Gasteiger partial charge on any atom is -0.491 e. The lowest BCUT2D eigenvalue weighted by Gasteiger charge is -2.14. The summed E-state index contributed by atoms with van der Waals surface area (Å²) in [7, 11) is 0. The zero-order valence-electron chi connectivity index (χ0n) is 13.9. The molecule has 0 aromatic heterocycles. The molecule has 1 aromatic rings. The van der Waals surface area contributed by atoms with Crippen LogP contribution in [-0.4, -0.2) is 30.4 Å². The maximum atomic E-state index is 12.0. The number of esters is 1. The summed E-state index contributed by atoms with van der Waals surface area (Å²) in [5, 5.41) is 0. The van der Waals surface area contributed by atoms with Crippen molar-refractivity contribution in [2.24, 2.45) is 0 Å². The summed E-state index contributed by atoms with van der Waals surface area (Å²) < 4.78 is 16.3. The van der Waals surface area contributed by atoms with Crippen molar-refractivity contribution in [1.29, 1.82) is 0 Å². The van der Waals surface area contributed by atoms with Gasteiger partial charge in [-0.05, 0) is 64.7 Å². The van der Waals surface area contributed by atoms with Gasteiger partial charge in [0.2, 0.25) is 0 Å². The molecule has 0 amide bonds. The van der Waals surface area contributed by atoms with Crippen LogP contribution in [0, 0.1) is 0 Å². The van der Waals surface area contributed by atoms with Crippen molar-refractivity contribution in [3.8, 4) is 5.75 Å². The number of epoxide rings is 1. The van der Waals surface area contributed by atoms with E-state index in [9.17, 15) is 4.79 Å². The molecule has 1 unspecified atom stereocenters. The van der Waals surface area contributed by atoms with Crippen LogP contribution in [0.1, 0.15) is 46.1 Å². The molecule has 0 N–H and O–H groups in total. The summed E-state index contributed by atoms with van der Waals surface area (Å²) in [6, 6.07) is 8.12. The van der Waals surface area contributed by atoms with Crippen molar-refractivity contribution in [3.63, 3.8) is 0 Å². The van der Waals surface area contributed by atoms with Crippen molar-refractivity contribution < 1.29 is 19.0 Å². The van der Waals surface area contributed by atoms with Gasteiger partial charge in [-0.3, -0.25) is 0 Å². The molecule has 1 atom stereocenters. The number of carbonyl (C=O) groups is 1. The molecule has 1 heterocycles. The van der Waals surface area contributed by atoms with Crippen LogP contribution in [0.4, 0.5) is 0 Å². The minimum atomic E-state index is -0.684. The monoisotopic (exact) mass is 306 g/mol. The molecule has 1 saturated heterocycles. The number of carbonyl (C=O) groups excluding carboxylic acids is 1. The third kappa shape index (κ3) is 4.73. The van der Waals surface area contributed by atoms with E-state index in [4.69, 9.17) is 14.2 Å². The lowest BCUT2D eigenvalue weighted by atomic mass is 10.00. The van der Waals surface area contributed by atoms with E-state index < -0.39 is 5.60 Å². The third-order valence-electron chi connectivity index (χ3n) is 3.52. The van der Waals surface area contributed by atoms with Crippen LogP contribution in [0.3, 0.4) is 0 Å². The number of hydrogen-bond donors (Lipinski definition) is 0. The molecule has 122 valence electrons. The first-order chi connectivity index (χ1) is 10.4. The van der Waals surface area contributed by atoms with Gasteiger partial charge in [0.25, 0.3) is 0 Å². The summed E-state index contributed by atoms with van der Waals surface area (Å²) in [6.45, 7) is 8.22. The van der Waals surface area contributed by atoms with Gasteiger partial charge in [-0.1, -0.05) is 12.1 Å². The second-order valence-electron chi connectivity index (χ2n) is 6.40. The molecule has 0 radical (unpaired) electrons. The minimum absolute atomic E-state index is 0.0987. The second kappa shape index (κ2) is 7.14. The van der Waals surface area contributed by atoms with E-state index in [0.717, 1.165) is 18.6 Å². The van der Waals surface area contributed by atoms with Crippen molar-refractivity contribution in [1.82, 2.24) is 0 Å². The molecular weight excluding hydrogens is 280 g/mol. The smallest absolute Gasteiger partial charge is 0.341 e. The van der Waals surface area contributed by atoms with Crippen LogP contribution in [0.25, 0.3) is 0 Å². The average molecular weight is 306 g/mol. The van der Waals surface area contributed by atoms with E-state index in [1.807, 2.05) is 39.8 Å². The number of aryl methyl sites for hydroxylation is 1. The maximum Gasteiger partial charge on any atom is 0.341 e. The highest BCUT2D eigenvalue weighted by atomic mass is 16.6. The highest BCUT2D eigenvalue weighted by Gasteiger charge is 2.53. The van der Waals surface area contributed by atoms with Gasteiger partial charge in [-0.25, -0.2) is 4.79 Å². The van der Waals surface area contributed by atoms with E-state index in [0.29, 0.717) is 13.0 Å². The van der Waals surface area contributed by atoms with E-state index in [1.165, 1.54) is 5.56 Å². The summed E-state index contributed by atoms with van der Waals surface area (Å²) in [5.41, 5.74) is 0.530. The number of hydrogen-bond acceptors (Lipinski definition) is 4. The molecule has 1 aromatic carbocycles. The van der Waals surface area contributed by atoms with Crippen LogP contribution >= 0.6 is 0 Å². The SMILES string of the molecule is CC(C)OC(=O)C1(CCCc2cccc(OC(C)C)c2)CO1. The number of ether oxygens (including phenoxy) is 3. The molecule has 4 heteroatoms. The molecule has 0 bridgehead atoms. The summed E-state index contributed by atoms with van der Waals surface area (Å²) in [5.74, 6) is 0.670. The zero-order valence-corrected chi connectivity index (χ0v) is 13.9. The van der Waals surface area contributed by atoms with Gasteiger partial charge in [0.15, 0.2) is 5.60 Å². The number of benzene rings is 1. The molecule has 1 aliphatic rings. The van der Waals surface area contributed by atoms with Gasteiger partial charge < -0.3 is 14.2 Å². The molecule has 0 saturated carbocycles. The summed E-state index contributed by atoms with van der Waals surface area (Å²) in [4.78, 5) is 12.0. The van der Waals surface area contributed by atoms with Crippen molar-refractivity contribution in [3.05, 3.63) is 29.8 Å². The Morgan fingerprint density at radius 1 is 1.27 bits per heavy atom. The van der Waals surface area contributed by atoms with Crippen LogP contribution in [0.15, 0.2) is 24.3 Å². The lowest BCUT2D eigenvalue weighted by molar-refractivity contribution is -0.154. The fourth-order valence-corrected chi connectivity index (χ4v) is 2.40. The Hall–Kier alpha value is -1.55. The Kier molecular flexibility index (Phi) is 5.46. The Balaban J connectivity index is 1.82. The standard InChI is InChI=1S/C18H26O4/c1-13(2)21-16-9-5-7-15(11-16)8-6-10-18(12-20-18)17(19)22-14(3)4/h5,7,9,11,13-14H,6,8,10,12H2,1-4H3. The third-order valence-corrected chi connectivity index (χ3v) is 3.52. The van der Waals surface area contributed by atoms with Gasteiger partial charge in [-0.15, -0.1) is 0 Å². The van der Waals surface area contributed by atoms with E-state index in [1.54, 1.807) is 0 Å². The molecule has 1 fully saturated rings. The van der Waals surface area contributed by atoms with Gasteiger partial charge in [-0.2, -0.15) is 0 Å². The second-order valence-corrected chi connectivity index (χ2v) is 6.40. The molecule has 4 nitrogen and oxygen atoms in total. The fourth-order valence-electron chi connectivity index (χ4n) is 2.40. The first-order valence-corrected chi connectivity index (χ1v) is 8.02. The van der Waals surface area contributed by atoms with Crippen molar-refractivity contribution in [2.45, 2.75) is 64.8 Å². The van der Waals surface area contributed by atoms with Crippen molar-refractivity contribution >= 4 is 5.97 Å². The first-order valence-electron chi connectivity index (χ1n) is 8.02. The van der Waals surface area contributed by atoms with Gasteiger partial charge >= 0.3 is 5.97 Å². The average Bonchev–Trinajstić information content (AvgIpc) is 3.19.